The van der Waals surface area contributed by atoms with Crippen LogP contribution in [-0.4, -0.2) is 16.8 Å². The van der Waals surface area contributed by atoms with Crippen molar-refractivity contribution in [3.8, 4) is 0 Å². The molecule has 2 aromatic rings. The zero-order valence-electron chi connectivity index (χ0n) is 11.3. The van der Waals surface area contributed by atoms with Crippen LogP contribution in [0.25, 0.3) is 0 Å². The van der Waals surface area contributed by atoms with Crippen LogP contribution in [0.4, 0.5) is 10.8 Å². The number of amides is 2. The van der Waals surface area contributed by atoms with Gasteiger partial charge in [-0.15, -0.1) is 11.3 Å². The second-order valence-corrected chi connectivity index (χ2v) is 5.27. The summed E-state index contributed by atoms with van der Waals surface area (Å²) in [5.41, 5.74) is 2.55. The van der Waals surface area contributed by atoms with E-state index in [1.807, 2.05) is 31.2 Å². The Morgan fingerprint density at radius 3 is 2.55 bits per heavy atom. The maximum Gasteiger partial charge on any atom is 0.230 e. The largest absolute Gasteiger partial charge is 0.326 e. The smallest absolute Gasteiger partial charge is 0.230 e. The molecule has 0 aliphatic rings. The lowest BCUT2D eigenvalue weighted by Crippen LogP contribution is -2.14. The van der Waals surface area contributed by atoms with E-state index in [0.29, 0.717) is 10.8 Å². The number of nitrogens with zero attached hydrogens (tertiary/aromatic N) is 1. The van der Waals surface area contributed by atoms with Gasteiger partial charge < -0.3 is 10.6 Å². The summed E-state index contributed by atoms with van der Waals surface area (Å²) in [6.45, 7) is 3.41. The average molecular weight is 289 g/mol. The summed E-state index contributed by atoms with van der Waals surface area (Å²) in [5, 5.41) is 7.67. The highest BCUT2D eigenvalue weighted by Crippen LogP contribution is 2.16. The van der Waals surface area contributed by atoms with Crippen molar-refractivity contribution in [3.05, 3.63) is 40.9 Å². The van der Waals surface area contributed by atoms with Crippen molar-refractivity contribution in [2.45, 2.75) is 20.3 Å². The Kier molecular flexibility index (Phi) is 4.47. The molecule has 20 heavy (non-hydrogen) atoms. The molecule has 0 atom stereocenters. The van der Waals surface area contributed by atoms with Crippen LogP contribution in [0.3, 0.4) is 0 Å². The summed E-state index contributed by atoms with van der Waals surface area (Å²) in [7, 11) is 0. The lowest BCUT2D eigenvalue weighted by molar-refractivity contribution is -0.116. The van der Waals surface area contributed by atoms with E-state index in [0.717, 1.165) is 11.3 Å². The number of anilines is 2. The molecule has 2 rings (SSSR count). The molecule has 0 aliphatic carbocycles. The van der Waals surface area contributed by atoms with Gasteiger partial charge in [0.2, 0.25) is 11.8 Å². The van der Waals surface area contributed by atoms with Crippen molar-refractivity contribution in [3.63, 3.8) is 0 Å². The molecule has 1 aromatic carbocycles. The van der Waals surface area contributed by atoms with Crippen LogP contribution in [-0.2, 0) is 16.0 Å². The minimum Gasteiger partial charge on any atom is -0.326 e. The summed E-state index contributed by atoms with van der Waals surface area (Å²) in [6.07, 6.45) is 0.184. The highest BCUT2D eigenvalue weighted by atomic mass is 32.1. The Balaban J connectivity index is 1.92. The lowest BCUT2D eigenvalue weighted by atomic mass is 10.2. The van der Waals surface area contributed by atoms with E-state index in [2.05, 4.69) is 15.6 Å². The fourth-order valence-electron chi connectivity index (χ4n) is 1.60. The van der Waals surface area contributed by atoms with Gasteiger partial charge in [-0.25, -0.2) is 4.98 Å². The van der Waals surface area contributed by atoms with E-state index in [4.69, 9.17) is 0 Å². The molecule has 0 saturated carbocycles. The maximum absolute atomic E-state index is 11.9. The molecule has 1 aromatic heterocycles. The molecule has 0 fully saturated rings. The SMILES string of the molecule is CC(=O)Nc1nc(CC(=O)Nc2ccc(C)cc2)cs1. The van der Waals surface area contributed by atoms with E-state index in [9.17, 15) is 9.59 Å². The van der Waals surface area contributed by atoms with Gasteiger partial charge in [0.1, 0.15) is 0 Å². The topological polar surface area (TPSA) is 71.1 Å². The summed E-state index contributed by atoms with van der Waals surface area (Å²) < 4.78 is 0. The van der Waals surface area contributed by atoms with Gasteiger partial charge in [0.05, 0.1) is 12.1 Å². The van der Waals surface area contributed by atoms with Crippen LogP contribution in [0.15, 0.2) is 29.6 Å². The molecule has 0 saturated heterocycles. The van der Waals surface area contributed by atoms with Crippen molar-refractivity contribution in [1.82, 2.24) is 4.98 Å². The average Bonchev–Trinajstić information content (AvgIpc) is 2.78. The first-order chi connectivity index (χ1) is 9.52. The first-order valence-electron chi connectivity index (χ1n) is 6.11. The molecule has 2 amide bonds. The summed E-state index contributed by atoms with van der Waals surface area (Å²) in [5.74, 6) is -0.302. The monoisotopic (exact) mass is 289 g/mol. The minimum atomic E-state index is -0.171. The molecule has 1 heterocycles. The van der Waals surface area contributed by atoms with E-state index < -0.39 is 0 Å². The molecule has 0 radical (unpaired) electrons. The molecule has 0 spiro atoms. The number of carbonyl (C=O) groups excluding carboxylic acids is 2. The van der Waals surface area contributed by atoms with E-state index in [1.54, 1.807) is 5.38 Å². The van der Waals surface area contributed by atoms with Crippen LogP contribution >= 0.6 is 11.3 Å². The molecular formula is C14H15N3O2S. The predicted molar refractivity (Wildman–Crippen MR) is 79.9 cm³/mol. The first-order valence-corrected chi connectivity index (χ1v) is 6.99. The predicted octanol–water partition coefficient (Wildman–Crippen LogP) is 2.59. The third-order valence-corrected chi connectivity index (χ3v) is 3.32. The van der Waals surface area contributed by atoms with Crippen LogP contribution in [0.5, 0.6) is 0 Å². The number of hydrogen-bond donors (Lipinski definition) is 2. The van der Waals surface area contributed by atoms with Crippen molar-refractivity contribution in [1.29, 1.82) is 0 Å². The molecule has 0 aliphatic heterocycles. The second kappa shape index (κ2) is 6.29. The Hall–Kier alpha value is -2.21. The number of benzene rings is 1. The molecule has 0 unspecified atom stereocenters. The number of aryl methyl sites for hydroxylation is 1. The quantitative estimate of drug-likeness (QED) is 0.908. The third-order valence-electron chi connectivity index (χ3n) is 2.51. The van der Waals surface area contributed by atoms with Crippen LogP contribution in [0.2, 0.25) is 0 Å². The van der Waals surface area contributed by atoms with E-state index >= 15 is 0 Å². The molecule has 0 bridgehead atoms. The van der Waals surface area contributed by atoms with E-state index in [-0.39, 0.29) is 18.2 Å². The van der Waals surface area contributed by atoms with Gasteiger partial charge in [0.25, 0.3) is 0 Å². The fraction of sp³-hybridized carbons (Fsp3) is 0.214. The first kappa shape index (κ1) is 14.2. The van der Waals surface area contributed by atoms with Gasteiger partial charge >= 0.3 is 0 Å². The zero-order chi connectivity index (χ0) is 14.5. The van der Waals surface area contributed by atoms with Gasteiger partial charge in [-0.2, -0.15) is 0 Å². The Labute approximate surface area is 121 Å². The third kappa shape index (κ3) is 4.17. The van der Waals surface area contributed by atoms with E-state index in [1.165, 1.54) is 18.3 Å². The van der Waals surface area contributed by atoms with Crippen LogP contribution < -0.4 is 10.6 Å². The summed E-state index contributed by atoms with van der Waals surface area (Å²) in [4.78, 5) is 26.9. The number of carbonyl (C=O) groups is 2. The van der Waals surface area contributed by atoms with Gasteiger partial charge in [-0.05, 0) is 19.1 Å². The Morgan fingerprint density at radius 2 is 1.90 bits per heavy atom. The van der Waals surface area contributed by atoms with Crippen molar-refractivity contribution in [2.75, 3.05) is 10.6 Å². The molecule has 104 valence electrons. The van der Waals surface area contributed by atoms with Gasteiger partial charge in [-0.1, -0.05) is 17.7 Å². The molecule has 2 N–H and O–H groups in total. The normalized spacial score (nSPS) is 10.1. The number of rotatable bonds is 4. The van der Waals surface area contributed by atoms with Crippen molar-refractivity contribution in [2.24, 2.45) is 0 Å². The fourth-order valence-corrected chi connectivity index (χ4v) is 2.36. The zero-order valence-corrected chi connectivity index (χ0v) is 12.1. The molecular weight excluding hydrogens is 274 g/mol. The Bertz CT molecular complexity index is 620. The Morgan fingerprint density at radius 1 is 1.20 bits per heavy atom. The molecule has 5 nitrogen and oxygen atoms in total. The van der Waals surface area contributed by atoms with Gasteiger partial charge in [0.15, 0.2) is 5.13 Å². The number of hydrogen-bond acceptors (Lipinski definition) is 4. The van der Waals surface area contributed by atoms with Gasteiger partial charge in [0, 0.05) is 18.0 Å². The van der Waals surface area contributed by atoms with Crippen LogP contribution in [0, 0.1) is 6.92 Å². The highest BCUT2D eigenvalue weighted by Gasteiger charge is 2.08. The summed E-state index contributed by atoms with van der Waals surface area (Å²) >= 11 is 1.31. The lowest BCUT2D eigenvalue weighted by Gasteiger charge is -2.04. The van der Waals surface area contributed by atoms with Gasteiger partial charge in [-0.3, -0.25) is 9.59 Å². The van der Waals surface area contributed by atoms with Crippen LogP contribution in [0.1, 0.15) is 18.2 Å². The summed E-state index contributed by atoms with van der Waals surface area (Å²) in [6, 6.07) is 7.59. The standard InChI is InChI=1S/C14H15N3O2S/c1-9-3-5-11(6-4-9)16-13(19)7-12-8-20-14(17-12)15-10(2)18/h3-6,8H,7H2,1-2H3,(H,16,19)(H,15,17,18). The molecule has 6 heteroatoms. The maximum atomic E-state index is 11.9. The minimum absolute atomic E-state index is 0.131. The highest BCUT2D eigenvalue weighted by molar-refractivity contribution is 7.13. The number of thiazole rings is 1. The number of nitrogens with one attached hydrogen (secondary N) is 2. The van der Waals surface area contributed by atoms with Crippen molar-refractivity contribution >= 4 is 34.0 Å². The van der Waals surface area contributed by atoms with Crippen molar-refractivity contribution < 1.29 is 9.59 Å². The number of aromatic nitrogens is 1. The second-order valence-electron chi connectivity index (χ2n) is 4.42.